The number of aromatic nitrogens is 3. The SMILES string of the molecule is N#Cc1cc(-n2c(CO)n[nH]c2=S)ccc1F. The maximum absolute atomic E-state index is 13.2. The number of H-pyrrole nitrogens is 1. The smallest absolute Gasteiger partial charge is 0.199 e. The molecule has 0 spiro atoms. The van der Waals surface area contributed by atoms with E-state index < -0.39 is 5.82 Å². The summed E-state index contributed by atoms with van der Waals surface area (Å²) in [6.07, 6.45) is 0. The number of rotatable bonds is 2. The van der Waals surface area contributed by atoms with Gasteiger partial charge in [-0.15, -0.1) is 0 Å². The molecule has 0 aliphatic carbocycles. The summed E-state index contributed by atoms with van der Waals surface area (Å²) in [5, 5.41) is 24.1. The van der Waals surface area contributed by atoms with Gasteiger partial charge in [0.1, 0.15) is 18.5 Å². The molecule has 0 aliphatic rings. The molecule has 2 N–H and O–H groups in total. The molecule has 1 aromatic heterocycles. The fourth-order valence-corrected chi connectivity index (χ4v) is 1.70. The second-order valence-corrected chi connectivity index (χ2v) is 3.60. The predicted octanol–water partition coefficient (Wildman–Crippen LogP) is 1.43. The molecule has 2 rings (SSSR count). The van der Waals surface area contributed by atoms with Gasteiger partial charge in [-0.1, -0.05) is 0 Å². The van der Waals surface area contributed by atoms with Crippen LogP contribution < -0.4 is 0 Å². The molecule has 0 bridgehead atoms. The molecule has 0 atom stereocenters. The Balaban J connectivity index is 2.65. The molecule has 1 aromatic carbocycles. The number of nitrogens with one attached hydrogen (secondary N) is 1. The van der Waals surface area contributed by atoms with Crippen LogP contribution in [0.2, 0.25) is 0 Å². The quantitative estimate of drug-likeness (QED) is 0.790. The number of nitriles is 1. The van der Waals surface area contributed by atoms with E-state index >= 15 is 0 Å². The summed E-state index contributed by atoms with van der Waals surface area (Å²) in [5.41, 5.74) is 0.389. The lowest BCUT2D eigenvalue weighted by atomic mass is 10.2. The molecule has 2 aromatic rings. The van der Waals surface area contributed by atoms with Gasteiger partial charge < -0.3 is 5.11 Å². The van der Waals surface area contributed by atoms with E-state index in [9.17, 15) is 4.39 Å². The van der Waals surface area contributed by atoms with E-state index in [0.29, 0.717) is 11.5 Å². The number of hydrogen-bond acceptors (Lipinski definition) is 4. The van der Waals surface area contributed by atoms with Crippen LogP contribution in [0.25, 0.3) is 5.69 Å². The number of benzene rings is 1. The van der Waals surface area contributed by atoms with Crippen molar-refractivity contribution in [2.45, 2.75) is 6.61 Å². The van der Waals surface area contributed by atoms with Crippen molar-refractivity contribution in [2.24, 2.45) is 0 Å². The van der Waals surface area contributed by atoms with Gasteiger partial charge in [-0.25, -0.2) is 4.39 Å². The topological polar surface area (TPSA) is 77.6 Å². The molecule has 0 unspecified atom stereocenters. The molecule has 0 saturated heterocycles. The number of aromatic amines is 1. The number of aliphatic hydroxyl groups is 1. The molecule has 17 heavy (non-hydrogen) atoms. The molecule has 1 heterocycles. The fraction of sp³-hybridized carbons (Fsp3) is 0.100. The van der Waals surface area contributed by atoms with E-state index in [-0.39, 0.29) is 16.9 Å². The number of halogens is 1. The van der Waals surface area contributed by atoms with Crippen molar-refractivity contribution in [3.63, 3.8) is 0 Å². The van der Waals surface area contributed by atoms with Crippen LogP contribution in [0.4, 0.5) is 4.39 Å². The van der Waals surface area contributed by atoms with Crippen LogP contribution in [0.3, 0.4) is 0 Å². The van der Waals surface area contributed by atoms with Crippen molar-refractivity contribution in [3.8, 4) is 11.8 Å². The molecule has 86 valence electrons. The summed E-state index contributed by atoms with van der Waals surface area (Å²) in [6.45, 7) is -0.313. The Hall–Kier alpha value is -2.04. The Morgan fingerprint density at radius 1 is 1.59 bits per heavy atom. The monoisotopic (exact) mass is 250 g/mol. The van der Waals surface area contributed by atoms with Crippen LogP contribution >= 0.6 is 12.2 Å². The van der Waals surface area contributed by atoms with Crippen LogP contribution in [0.1, 0.15) is 11.4 Å². The Morgan fingerprint density at radius 3 is 3.00 bits per heavy atom. The zero-order valence-electron chi connectivity index (χ0n) is 8.51. The van der Waals surface area contributed by atoms with Gasteiger partial charge in [0.25, 0.3) is 0 Å². The van der Waals surface area contributed by atoms with E-state index in [0.717, 1.165) is 0 Å². The lowest BCUT2D eigenvalue weighted by molar-refractivity contribution is 0.269. The minimum atomic E-state index is -0.600. The maximum Gasteiger partial charge on any atom is 0.199 e. The third kappa shape index (κ3) is 1.95. The molecule has 0 saturated carbocycles. The molecule has 0 fully saturated rings. The largest absolute Gasteiger partial charge is 0.388 e. The van der Waals surface area contributed by atoms with Crippen molar-refractivity contribution in [2.75, 3.05) is 0 Å². The van der Waals surface area contributed by atoms with Crippen molar-refractivity contribution in [3.05, 3.63) is 40.2 Å². The van der Waals surface area contributed by atoms with Gasteiger partial charge in [-0.2, -0.15) is 10.4 Å². The van der Waals surface area contributed by atoms with Crippen LogP contribution in [0.15, 0.2) is 18.2 Å². The first-order valence-electron chi connectivity index (χ1n) is 4.64. The summed E-state index contributed by atoms with van der Waals surface area (Å²) < 4.78 is 14.9. The zero-order valence-corrected chi connectivity index (χ0v) is 9.33. The first kappa shape index (κ1) is 11.4. The van der Waals surface area contributed by atoms with Gasteiger partial charge in [-0.3, -0.25) is 9.67 Å². The summed E-state index contributed by atoms with van der Waals surface area (Å²) in [6, 6.07) is 5.72. The predicted molar refractivity (Wildman–Crippen MR) is 59.3 cm³/mol. The third-order valence-electron chi connectivity index (χ3n) is 2.21. The van der Waals surface area contributed by atoms with E-state index in [1.54, 1.807) is 6.07 Å². The summed E-state index contributed by atoms with van der Waals surface area (Å²) in [7, 11) is 0. The van der Waals surface area contributed by atoms with Gasteiger partial charge in [0.15, 0.2) is 10.6 Å². The minimum Gasteiger partial charge on any atom is -0.388 e. The number of hydrogen-bond donors (Lipinski definition) is 2. The molecular formula is C10H7FN4OS. The highest BCUT2D eigenvalue weighted by atomic mass is 32.1. The van der Waals surface area contributed by atoms with E-state index in [1.165, 1.54) is 22.8 Å². The van der Waals surface area contributed by atoms with Crippen molar-refractivity contribution in [1.82, 2.24) is 14.8 Å². The standard InChI is InChI=1S/C10H7FN4OS/c11-8-2-1-7(3-6(8)4-12)15-9(5-16)13-14-10(15)17/h1-3,16H,5H2,(H,14,17). The zero-order chi connectivity index (χ0) is 12.4. The molecular weight excluding hydrogens is 243 g/mol. The van der Waals surface area contributed by atoms with Crippen LogP contribution in [0.5, 0.6) is 0 Å². The highest BCUT2D eigenvalue weighted by Crippen LogP contribution is 2.15. The minimum absolute atomic E-state index is 0.0884. The molecule has 0 aliphatic heterocycles. The average molecular weight is 250 g/mol. The summed E-state index contributed by atoms with van der Waals surface area (Å²) >= 11 is 4.99. The number of aliphatic hydroxyl groups excluding tert-OH is 1. The normalized spacial score (nSPS) is 10.2. The van der Waals surface area contributed by atoms with Crippen LogP contribution in [-0.2, 0) is 6.61 Å². The van der Waals surface area contributed by atoms with Crippen molar-refractivity contribution in [1.29, 1.82) is 5.26 Å². The second kappa shape index (κ2) is 4.45. The molecule has 5 nitrogen and oxygen atoms in total. The van der Waals surface area contributed by atoms with Crippen LogP contribution in [-0.4, -0.2) is 19.9 Å². The Bertz CT molecular complexity index is 655. The lowest BCUT2D eigenvalue weighted by Crippen LogP contribution is -2.02. The maximum atomic E-state index is 13.2. The molecule has 0 radical (unpaired) electrons. The van der Waals surface area contributed by atoms with Gasteiger partial charge >= 0.3 is 0 Å². The fourth-order valence-electron chi connectivity index (χ4n) is 1.44. The third-order valence-corrected chi connectivity index (χ3v) is 2.49. The summed E-state index contributed by atoms with van der Waals surface area (Å²) in [4.78, 5) is 0. The second-order valence-electron chi connectivity index (χ2n) is 3.21. The summed E-state index contributed by atoms with van der Waals surface area (Å²) in [5.74, 6) is -0.303. The first-order chi connectivity index (χ1) is 8.17. The van der Waals surface area contributed by atoms with Gasteiger partial charge in [0, 0.05) is 0 Å². The van der Waals surface area contributed by atoms with E-state index in [1.807, 2.05) is 0 Å². The Morgan fingerprint density at radius 2 is 2.35 bits per heavy atom. The van der Waals surface area contributed by atoms with Gasteiger partial charge in [0.2, 0.25) is 0 Å². The molecule has 7 heteroatoms. The average Bonchev–Trinajstić information content (AvgIpc) is 2.71. The highest BCUT2D eigenvalue weighted by molar-refractivity contribution is 7.71. The first-order valence-corrected chi connectivity index (χ1v) is 5.05. The lowest BCUT2D eigenvalue weighted by Gasteiger charge is -2.05. The van der Waals surface area contributed by atoms with Crippen molar-refractivity contribution < 1.29 is 9.50 Å². The highest BCUT2D eigenvalue weighted by Gasteiger charge is 2.09. The Kier molecular flexibility index (Phi) is 2.99. The van der Waals surface area contributed by atoms with Crippen LogP contribution in [0, 0.1) is 21.9 Å². The van der Waals surface area contributed by atoms with E-state index in [2.05, 4.69) is 10.2 Å². The number of nitrogens with zero attached hydrogens (tertiary/aromatic N) is 3. The molecule has 0 amide bonds. The van der Waals surface area contributed by atoms with Crippen molar-refractivity contribution >= 4 is 12.2 Å². The van der Waals surface area contributed by atoms with Gasteiger partial charge in [-0.05, 0) is 30.4 Å². The Labute approximate surface area is 101 Å². The van der Waals surface area contributed by atoms with E-state index in [4.69, 9.17) is 22.6 Å². The van der Waals surface area contributed by atoms with Gasteiger partial charge in [0.05, 0.1) is 11.3 Å².